The number of hydrogen-bond donors (Lipinski definition) is 1. The molecule has 20 heavy (non-hydrogen) atoms. The topological polar surface area (TPSA) is 90.1 Å². The maximum absolute atomic E-state index is 11.6. The Labute approximate surface area is 126 Å². The molecule has 0 aliphatic rings. The molecule has 0 amide bonds. The molecule has 0 saturated carbocycles. The fourth-order valence-corrected chi connectivity index (χ4v) is 2.95. The minimum Gasteiger partial charge on any atom is -0.362 e. The van der Waals surface area contributed by atoms with E-state index < -0.39 is 16.0 Å². The second kappa shape index (κ2) is 6.14. The monoisotopic (exact) mass is 358 g/mol. The van der Waals surface area contributed by atoms with Crippen molar-refractivity contribution in [1.29, 1.82) is 0 Å². The molecule has 0 aliphatic carbocycles. The average molecular weight is 359 g/mol. The molecule has 0 aromatic carbocycles. The third kappa shape index (κ3) is 3.23. The van der Waals surface area contributed by atoms with Crippen LogP contribution in [0, 0.1) is 10.1 Å². The lowest BCUT2D eigenvalue weighted by atomic mass is 10.4. The van der Waals surface area contributed by atoms with E-state index >= 15 is 0 Å². The maximum atomic E-state index is 11.6. The van der Waals surface area contributed by atoms with Gasteiger partial charge in [0.25, 0.3) is 5.43 Å². The molecular formula is C11H11BrN4O3S. The summed E-state index contributed by atoms with van der Waals surface area (Å²) >= 11 is 4.52. The summed E-state index contributed by atoms with van der Waals surface area (Å²) in [5, 5.41) is 14.7. The molecule has 0 aliphatic heterocycles. The Kier molecular flexibility index (Phi) is 4.50. The van der Waals surface area contributed by atoms with Crippen LogP contribution >= 0.6 is 27.3 Å². The molecule has 2 aromatic rings. The Morgan fingerprint density at radius 2 is 2.30 bits per heavy atom. The summed E-state index contributed by atoms with van der Waals surface area (Å²) in [6.07, 6.45) is 4.47. The van der Waals surface area contributed by atoms with E-state index in [4.69, 9.17) is 0 Å². The van der Waals surface area contributed by atoms with Gasteiger partial charge >= 0.3 is 5.69 Å². The van der Waals surface area contributed by atoms with Crippen LogP contribution in [0.15, 0.2) is 27.9 Å². The van der Waals surface area contributed by atoms with E-state index in [0.29, 0.717) is 6.54 Å². The molecule has 2 aromatic heterocycles. The van der Waals surface area contributed by atoms with Crippen molar-refractivity contribution in [2.24, 2.45) is 0 Å². The lowest BCUT2D eigenvalue weighted by Gasteiger charge is -2.04. The van der Waals surface area contributed by atoms with E-state index in [1.165, 1.54) is 23.7 Å². The molecule has 0 unspecified atom stereocenters. The van der Waals surface area contributed by atoms with Crippen LogP contribution < -0.4 is 10.7 Å². The molecule has 0 fully saturated rings. The van der Waals surface area contributed by atoms with Crippen LogP contribution in [-0.2, 0) is 6.54 Å². The number of anilines is 1. The fraction of sp³-hybridized carbons (Fsp3) is 0.273. The van der Waals surface area contributed by atoms with E-state index in [2.05, 4.69) is 26.2 Å². The van der Waals surface area contributed by atoms with Crippen LogP contribution in [-0.4, -0.2) is 21.0 Å². The molecular weight excluding hydrogens is 348 g/mol. The summed E-state index contributed by atoms with van der Waals surface area (Å²) in [4.78, 5) is 26.8. The van der Waals surface area contributed by atoms with Gasteiger partial charge in [-0.1, -0.05) is 0 Å². The van der Waals surface area contributed by atoms with E-state index in [1.54, 1.807) is 10.8 Å². The number of rotatable bonds is 5. The molecule has 0 spiro atoms. The second-order valence-electron chi connectivity index (χ2n) is 3.91. The van der Waals surface area contributed by atoms with Gasteiger partial charge in [-0.2, -0.15) is 0 Å². The van der Waals surface area contributed by atoms with Gasteiger partial charge in [0.15, 0.2) is 5.13 Å². The highest BCUT2D eigenvalue weighted by molar-refractivity contribution is 9.10. The summed E-state index contributed by atoms with van der Waals surface area (Å²) in [7, 11) is 0. The summed E-state index contributed by atoms with van der Waals surface area (Å²) < 4.78 is 1.76. The molecule has 0 atom stereocenters. The smallest absolute Gasteiger partial charge is 0.333 e. The maximum Gasteiger partial charge on any atom is 0.333 e. The average Bonchev–Trinajstić information content (AvgIpc) is 2.81. The lowest BCUT2D eigenvalue weighted by molar-refractivity contribution is -0.386. The Morgan fingerprint density at radius 3 is 2.95 bits per heavy atom. The predicted molar refractivity (Wildman–Crippen MR) is 80.4 cm³/mol. The Hall–Kier alpha value is -1.74. The number of thiazole rings is 1. The van der Waals surface area contributed by atoms with Crippen molar-refractivity contribution in [3.05, 3.63) is 48.3 Å². The predicted octanol–water partition coefficient (Wildman–Crippen LogP) is 2.46. The molecule has 2 rings (SSSR count). The van der Waals surface area contributed by atoms with Gasteiger partial charge < -0.3 is 9.88 Å². The molecule has 1 N–H and O–H groups in total. The van der Waals surface area contributed by atoms with Crippen LogP contribution in [0.5, 0.6) is 0 Å². The number of nitrogens with zero attached hydrogens (tertiary/aromatic N) is 3. The summed E-state index contributed by atoms with van der Waals surface area (Å²) in [5.74, 6) is 0. The Balaban J connectivity index is 2.29. The van der Waals surface area contributed by atoms with Crippen molar-refractivity contribution >= 4 is 38.1 Å². The molecule has 9 heteroatoms. The zero-order valence-electron chi connectivity index (χ0n) is 10.5. The Bertz CT molecular complexity index is 697. The zero-order valence-corrected chi connectivity index (χ0v) is 12.9. The molecule has 2 heterocycles. The SMILES string of the molecule is CCNc1ncc(Cn2cc(Br)c(=O)c([N+](=O)[O-])c2)s1. The van der Waals surface area contributed by atoms with Gasteiger partial charge in [-0.3, -0.25) is 14.9 Å². The number of pyridine rings is 1. The number of halogens is 1. The largest absolute Gasteiger partial charge is 0.362 e. The lowest BCUT2D eigenvalue weighted by Crippen LogP contribution is -2.13. The minimum absolute atomic E-state index is 0.170. The van der Waals surface area contributed by atoms with Crippen molar-refractivity contribution in [1.82, 2.24) is 9.55 Å². The summed E-state index contributed by atoms with van der Waals surface area (Å²) in [6.45, 7) is 3.17. The molecule has 106 valence electrons. The first-order chi connectivity index (χ1) is 9.51. The molecule has 0 bridgehead atoms. The van der Waals surface area contributed by atoms with E-state index in [0.717, 1.165) is 16.6 Å². The van der Waals surface area contributed by atoms with Crippen LogP contribution in [0.25, 0.3) is 0 Å². The van der Waals surface area contributed by atoms with Gasteiger partial charge in [-0.05, 0) is 22.9 Å². The van der Waals surface area contributed by atoms with Crippen LogP contribution in [0.3, 0.4) is 0 Å². The van der Waals surface area contributed by atoms with Crippen molar-refractivity contribution in [2.75, 3.05) is 11.9 Å². The van der Waals surface area contributed by atoms with Gasteiger partial charge in [0.1, 0.15) is 0 Å². The van der Waals surface area contributed by atoms with Crippen molar-refractivity contribution in [3.63, 3.8) is 0 Å². The van der Waals surface area contributed by atoms with E-state index in [9.17, 15) is 14.9 Å². The Morgan fingerprint density at radius 1 is 1.55 bits per heavy atom. The molecule has 0 saturated heterocycles. The van der Waals surface area contributed by atoms with Crippen LogP contribution in [0.1, 0.15) is 11.8 Å². The zero-order chi connectivity index (χ0) is 14.7. The number of nitro groups is 1. The van der Waals surface area contributed by atoms with Crippen LogP contribution in [0.4, 0.5) is 10.8 Å². The highest BCUT2D eigenvalue weighted by Crippen LogP contribution is 2.20. The highest BCUT2D eigenvalue weighted by atomic mass is 79.9. The summed E-state index contributed by atoms with van der Waals surface area (Å²) in [5.41, 5.74) is -1.07. The van der Waals surface area contributed by atoms with Crippen molar-refractivity contribution < 1.29 is 4.92 Å². The quantitative estimate of drug-likeness (QED) is 0.654. The van der Waals surface area contributed by atoms with E-state index in [-0.39, 0.29) is 4.47 Å². The highest BCUT2D eigenvalue weighted by Gasteiger charge is 2.16. The van der Waals surface area contributed by atoms with Crippen molar-refractivity contribution in [3.8, 4) is 0 Å². The van der Waals surface area contributed by atoms with E-state index in [1.807, 2.05) is 6.92 Å². The first kappa shape index (κ1) is 14.7. The standard InChI is InChI=1S/C11H11BrN4O3S/c1-2-13-11-14-3-7(20-11)4-15-5-8(12)10(17)9(6-15)16(18)19/h3,5-6H,2,4H2,1H3,(H,13,14). The number of nitrogens with one attached hydrogen (secondary N) is 1. The van der Waals surface area contributed by atoms with Crippen LogP contribution in [0.2, 0.25) is 0 Å². The minimum atomic E-state index is -0.680. The second-order valence-corrected chi connectivity index (χ2v) is 5.88. The van der Waals surface area contributed by atoms with Gasteiger partial charge in [0.2, 0.25) is 0 Å². The first-order valence-corrected chi connectivity index (χ1v) is 7.34. The van der Waals surface area contributed by atoms with Gasteiger partial charge in [0.05, 0.1) is 22.1 Å². The first-order valence-electron chi connectivity index (χ1n) is 5.73. The number of aromatic nitrogens is 2. The van der Waals surface area contributed by atoms with Gasteiger partial charge in [0, 0.05) is 23.8 Å². The van der Waals surface area contributed by atoms with Crippen molar-refractivity contribution in [2.45, 2.75) is 13.5 Å². The molecule has 7 nitrogen and oxygen atoms in total. The fourth-order valence-electron chi connectivity index (χ4n) is 1.59. The third-order valence-electron chi connectivity index (χ3n) is 2.43. The van der Waals surface area contributed by atoms with Gasteiger partial charge in [-0.25, -0.2) is 4.98 Å². The third-order valence-corrected chi connectivity index (χ3v) is 3.94. The van der Waals surface area contributed by atoms with Gasteiger partial charge in [-0.15, -0.1) is 11.3 Å². The molecule has 0 radical (unpaired) electrons. The summed E-state index contributed by atoms with van der Waals surface area (Å²) in [6, 6.07) is 0. The normalized spacial score (nSPS) is 10.5. The number of hydrogen-bond acceptors (Lipinski definition) is 6.